The molecule has 3 heteroatoms. The number of esters is 1. The van der Waals surface area contributed by atoms with Gasteiger partial charge in [-0.05, 0) is 33.1 Å². The summed E-state index contributed by atoms with van der Waals surface area (Å²) in [6.07, 6.45) is 0.482. The normalized spacial score (nSPS) is 15.6. The van der Waals surface area contributed by atoms with Gasteiger partial charge < -0.3 is 4.74 Å². The minimum absolute atomic E-state index is 0.0395. The smallest absolute Gasteiger partial charge is 0.327 e. The van der Waals surface area contributed by atoms with Crippen LogP contribution in [0.4, 0.5) is 0 Å². The molecule has 0 spiro atoms. The molecule has 0 N–H and O–H groups in total. The molecule has 0 aromatic heterocycles. The van der Waals surface area contributed by atoms with E-state index in [1.165, 1.54) is 0 Å². The van der Waals surface area contributed by atoms with Crippen molar-refractivity contribution in [2.75, 3.05) is 0 Å². The molecule has 15 heavy (non-hydrogen) atoms. The van der Waals surface area contributed by atoms with E-state index in [0.717, 1.165) is 0 Å². The Morgan fingerprint density at radius 3 is 2.07 bits per heavy atom. The Morgan fingerprint density at radius 1 is 1.40 bits per heavy atom. The lowest BCUT2D eigenvalue weighted by Gasteiger charge is -2.31. The molecule has 0 rings (SSSR count). The largest absolute Gasteiger partial charge is 0.459 e. The zero-order chi connectivity index (χ0) is 12.3. The van der Waals surface area contributed by atoms with Crippen molar-refractivity contribution < 1.29 is 9.53 Å². The molecule has 1 unspecified atom stereocenters. The summed E-state index contributed by atoms with van der Waals surface area (Å²) in [7, 11) is 0. The lowest BCUT2D eigenvalue weighted by atomic mass is 9.76. The van der Waals surface area contributed by atoms with E-state index in [9.17, 15) is 4.79 Å². The Balaban J connectivity index is 4.97. The molecule has 0 aliphatic carbocycles. The zero-order valence-electron chi connectivity index (χ0n) is 10.5. The number of rotatable bonds is 3. The van der Waals surface area contributed by atoms with Crippen LogP contribution >= 0.6 is 0 Å². The van der Waals surface area contributed by atoms with Crippen molar-refractivity contribution in [2.24, 2.45) is 11.3 Å². The van der Waals surface area contributed by atoms with Crippen LogP contribution in [0.5, 0.6) is 0 Å². The van der Waals surface area contributed by atoms with Crippen LogP contribution in [-0.4, -0.2) is 11.6 Å². The summed E-state index contributed by atoms with van der Waals surface area (Å²) in [5.74, 6) is -0.447. The van der Waals surface area contributed by atoms with Crippen LogP contribution in [0.1, 0.15) is 48.0 Å². The van der Waals surface area contributed by atoms with Gasteiger partial charge in [-0.3, -0.25) is 4.79 Å². The molecule has 0 bridgehead atoms. The van der Waals surface area contributed by atoms with Crippen LogP contribution < -0.4 is 0 Å². The van der Waals surface area contributed by atoms with Crippen LogP contribution in [0.15, 0.2) is 0 Å². The average Bonchev–Trinajstić information content (AvgIpc) is 2.03. The topological polar surface area (TPSA) is 50.1 Å². The maximum atomic E-state index is 11.9. The fraction of sp³-hybridized carbons (Fsp3) is 0.833. The van der Waals surface area contributed by atoms with Gasteiger partial charge in [0.25, 0.3) is 0 Å². The number of carbonyl (C=O) groups excluding carboxylic acids is 1. The highest BCUT2D eigenvalue weighted by Gasteiger charge is 2.43. The molecule has 0 aliphatic rings. The summed E-state index contributed by atoms with van der Waals surface area (Å²) in [5, 5.41) is 9.16. The summed E-state index contributed by atoms with van der Waals surface area (Å²) in [5.41, 5.74) is -1.55. The van der Waals surface area contributed by atoms with Gasteiger partial charge in [-0.2, -0.15) is 5.26 Å². The highest BCUT2D eigenvalue weighted by molar-refractivity contribution is 5.80. The number of nitrogens with zero attached hydrogens (tertiary/aromatic N) is 1. The molecule has 1 atom stereocenters. The lowest BCUT2D eigenvalue weighted by molar-refractivity contribution is -0.166. The Kier molecular flexibility index (Phi) is 4.33. The van der Waals surface area contributed by atoms with Gasteiger partial charge in [0.15, 0.2) is 5.41 Å². The second kappa shape index (κ2) is 4.65. The average molecular weight is 211 g/mol. The molecular weight excluding hydrogens is 190 g/mol. The van der Waals surface area contributed by atoms with Crippen molar-refractivity contribution in [1.82, 2.24) is 0 Å². The van der Waals surface area contributed by atoms with E-state index in [0.29, 0.717) is 6.42 Å². The summed E-state index contributed by atoms with van der Waals surface area (Å²) in [6, 6.07) is 2.11. The van der Waals surface area contributed by atoms with E-state index in [2.05, 4.69) is 6.07 Å². The number of hydrogen-bond acceptors (Lipinski definition) is 3. The summed E-state index contributed by atoms with van der Waals surface area (Å²) in [6.45, 7) is 11.0. The van der Waals surface area contributed by atoms with Gasteiger partial charge in [-0.1, -0.05) is 20.8 Å². The molecule has 86 valence electrons. The second-order valence-corrected chi connectivity index (χ2v) is 5.09. The first kappa shape index (κ1) is 14.0. The zero-order valence-corrected chi connectivity index (χ0v) is 10.5. The molecule has 0 radical (unpaired) electrons. The standard InChI is InChI=1S/C12H21NO2/c1-7-12(8-13,9(2)3)10(14)15-11(4,5)6/h9H,7H2,1-6H3. The quantitative estimate of drug-likeness (QED) is 0.674. The van der Waals surface area contributed by atoms with E-state index < -0.39 is 17.0 Å². The Bertz CT molecular complexity index is 270. The van der Waals surface area contributed by atoms with Crippen LogP contribution in [0, 0.1) is 22.7 Å². The minimum Gasteiger partial charge on any atom is -0.459 e. The number of hydrogen-bond donors (Lipinski definition) is 0. The van der Waals surface area contributed by atoms with Gasteiger partial charge in [0.05, 0.1) is 6.07 Å². The highest BCUT2D eigenvalue weighted by atomic mass is 16.6. The third-order valence-electron chi connectivity index (χ3n) is 2.51. The van der Waals surface area contributed by atoms with Gasteiger partial charge >= 0.3 is 5.97 Å². The van der Waals surface area contributed by atoms with E-state index in [1.54, 1.807) is 0 Å². The highest BCUT2D eigenvalue weighted by Crippen LogP contribution is 2.33. The third kappa shape index (κ3) is 3.23. The van der Waals surface area contributed by atoms with Gasteiger partial charge in [0, 0.05) is 0 Å². The van der Waals surface area contributed by atoms with Crippen molar-refractivity contribution in [2.45, 2.75) is 53.6 Å². The lowest BCUT2D eigenvalue weighted by Crippen LogP contribution is -2.40. The number of carbonyl (C=O) groups is 1. The van der Waals surface area contributed by atoms with Crippen molar-refractivity contribution >= 4 is 5.97 Å². The maximum Gasteiger partial charge on any atom is 0.327 e. The van der Waals surface area contributed by atoms with Gasteiger partial charge in [-0.15, -0.1) is 0 Å². The van der Waals surface area contributed by atoms with Crippen LogP contribution in [0.2, 0.25) is 0 Å². The fourth-order valence-electron chi connectivity index (χ4n) is 1.41. The first-order chi connectivity index (χ1) is 6.69. The van der Waals surface area contributed by atoms with Crippen LogP contribution in [0.3, 0.4) is 0 Å². The molecule has 0 aromatic rings. The van der Waals surface area contributed by atoms with Gasteiger partial charge in [0.2, 0.25) is 0 Å². The van der Waals surface area contributed by atoms with Crippen molar-refractivity contribution in [3.63, 3.8) is 0 Å². The van der Waals surface area contributed by atoms with Crippen molar-refractivity contribution in [3.05, 3.63) is 0 Å². The Morgan fingerprint density at radius 2 is 1.87 bits per heavy atom. The molecule has 0 aliphatic heterocycles. The number of nitriles is 1. The van der Waals surface area contributed by atoms with Gasteiger partial charge in [-0.25, -0.2) is 0 Å². The fourth-order valence-corrected chi connectivity index (χ4v) is 1.41. The van der Waals surface area contributed by atoms with E-state index in [-0.39, 0.29) is 5.92 Å². The van der Waals surface area contributed by atoms with E-state index in [4.69, 9.17) is 10.00 Å². The second-order valence-electron chi connectivity index (χ2n) is 5.09. The van der Waals surface area contributed by atoms with Gasteiger partial charge in [0.1, 0.15) is 5.60 Å². The van der Waals surface area contributed by atoms with Crippen LogP contribution in [0.25, 0.3) is 0 Å². The molecule has 3 nitrogen and oxygen atoms in total. The molecule has 0 fully saturated rings. The Hall–Kier alpha value is -1.04. The van der Waals surface area contributed by atoms with E-state index in [1.807, 2.05) is 41.5 Å². The molecule has 0 saturated carbocycles. The number of ether oxygens (including phenoxy) is 1. The monoisotopic (exact) mass is 211 g/mol. The predicted molar refractivity (Wildman–Crippen MR) is 59.0 cm³/mol. The molecular formula is C12H21NO2. The summed E-state index contributed by atoms with van der Waals surface area (Å²) < 4.78 is 5.28. The third-order valence-corrected chi connectivity index (χ3v) is 2.51. The SMILES string of the molecule is CCC(C#N)(C(=O)OC(C)(C)C)C(C)C. The molecule has 0 heterocycles. The minimum atomic E-state index is -1.01. The van der Waals surface area contributed by atoms with Crippen LogP contribution in [-0.2, 0) is 9.53 Å². The first-order valence-electron chi connectivity index (χ1n) is 5.34. The first-order valence-corrected chi connectivity index (χ1v) is 5.34. The molecule has 0 aromatic carbocycles. The van der Waals surface area contributed by atoms with Crippen molar-refractivity contribution in [1.29, 1.82) is 5.26 Å². The Labute approximate surface area is 92.4 Å². The summed E-state index contributed by atoms with van der Waals surface area (Å²) >= 11 is 0. The van der Waals surface area contributed by atoms with E-state index >= 15 is 0 Å². The predicted octanol–water partition coefficient (Wildman–Crippen LogP) is 2.90. The van der Waals surface area contributed by atoms with Crippen molar-refractivity contribution in [3.8, 4) is 6.07 Å². The molecule has 0 amide bonds. The molecule has 0 saturated heterocycles. The summed E-state index contributed by atoms with van der Waals surface area (Å²) in [4.78, 5) is 11.9. The maximum absolute atomic E-state index is 11.9.